The number of rotatable bonds is 6. The van der Waals surface area contributed by atoms with Crippen molar-refractivity contribution < 1.29 is 46.1 Å². The van der Waals surface area contributed by atoms with Crippen molar-refractivity contribution in [1.82, 2.24) is 0 Å². The van der Waals surface area contributed by atoms with E-state index in [0.717, 1.165) is 24.0 Å². The molecule has 8 rings (SSSR count). The molecule has 0 aromatic heterocycles. The Labute approximate surface area is 417 Å². The van der Waals surface area contributed by atoms with Crippen LogP contribution in [0.5, 0.6) is 0 Å². The average Bonchev–Trinajstić information content (AvgIpc) is 3.87. The molecular weight excluding hydrogens is 1010 g/mol. The van der Waals surface area contributed by atoms with E-state index in [-0.39, 0.29) is 35.6 Å². The van der Waals surface area contributed by atoms with Gasteiger partial charge in [-0.05, 0) is 0 Å². The molecule has 0 fully saturated rings. The molecule has 0 saturated carbocycles. The van der Waals surface area contributed by atoms with Crippen LogP contribution in [-0.2, 0) is 46.1 Å². The first-order valence-corrected chi connectivity index (χ1v) is 26.2. The minimum absolute atomic E-state index is 0. The van der Waals surface area contributed by atoms with Gasteiger partial charge >= 0.3 is 397 Å². The van der Waals surface area contributed by atoms with Gasteiger partial charge in [-0.15, -0.1) is 0 Å². The molecule has 0 aliphatic heterocycles. The Bertz CT molecular complexity index is 2660. The van der Waals surface area contributed by atoms with Crippen LogP contribution in [0.1, 0.15) is 92.5 Å². The second-order valence-electron chi connectivity index (χ2n) is 17.9. The minimum Gasteiger partial charge on any atom is -1.00 e. The van der Waals surface area contributed by atoms with E-state index in [1.54, 1.807) is 0 Å². The molecule has 0 nitrogen and oxygen atoms in total. The maximum atomic E-state index is 6.66. The fourth-order valence-corrected chi connectivity index (χ4v) is 18.0. The van der Waals surface area contributed by atoms with Crippen LogP contribution in [0, 0.1) is 0 Å². The van der Waals surface area contributed by atoms with Crippen LogP contribution in [-0.4, -0.2) is 3.21 Å². The number of alkyl halides is 6. The maximum absolute atomic E-state index is 6.66. The van der Waals surface area contributed by atoms with Gasteiger partial charge in [0.25, 0.3) is 0 Å². The molecule has 0 radical (unpaired) electrons. The van der Waals surface area contributed by atoms with Gasteiger partial charge in [0.2, 0.25) is 0 Å². The van der Waals surface area contributed by atoms with Gasteiger partial charge in [-0.1, -0.05) is 0 Å². The van der Waals surface area contributed by atoms with Crippen LogP contribution in [0.3, 0.4) is 0 Å². The Balaban J connectivity index is 0.00000321. The standard InChI is InChI=1S/C33H33.C15H8Cl6.C5H5.2ClH.Zr/c1-32(2,3)30-20-26-24(18-28(30)22-13-9-7-10-14-22)17-25-19-29(23-15-11-8-12-16-23)31(21-27(25)26)33(4,5)6;16-14(17,18)12-5-1-3-10(8-12)7-11-4-2-6-13(9-11)15(19,20)21;1-2-4-5-3-1;;;/h7-16,18,20-21H,17H2,1-6H3;1-6,8-9H;1-3H,4H2;2*1H;/q;;;;;+2/p-2. The smallest absolute Gasteiger partial charge is 1.00 e. The summed E-state index contributed by atoms with van der Waals surface area (Å²) in [4.78, 5) is 0. The van der Waals surface area contributed by atoms with E-state index in [1.807, 2.05) is 24.3 Å². The third-order valence-electron chi connectivity index (χ3n) is 11.6. The Hall–Kier alpha value is -2.13. The summed E-state index contributed by atoms with van der Waals surface area (Å²) in [6.07, 6.45) is 8.54. The second kappa shape index (κ2) is 19.0. The van der Waals surface area contributed by atoms with Gasteiger partial charge in [-0.3, -0.25) is 0 Å². The summed E-state index contributed by atoms with van der Waals surface area (Å²) < 4.78 is 0.909. The molecule has 62 heavy (non-hydrogen) atoms. The van der Waals surface area contributed by atoms with E-state index < -0.39 is 28.9 Å². The van der Waals surface area contributed by atoms with Crippen molar-refractivity contribution in [3.63, 3.8) is 0 Å². The van der Waals surface area contributed by atoms with Gasteiger partial charge in [-0.2, -0.15) is 0 Å². The average molecular weight is 1060 g/mol. The van der Waals surface area contributed by atoms with Gasteiger partial charge in [0, 0.05) is 0 Å². The summed E-state index contributed by atoms with van der Waals surface area (Å²) >= 11 is 36.5. The molecule has 0 saturated heterocycles. The van der Waals surface area contributed by atoms with Crippen LogP contribution in [0.4, 0.5) is 0 Å². The summed E-state index contributed by atoms with van der Waals surface area (Å²) in [5, 5.41) is 0. The number of allylic oxidation sites excluding steroid dienone is 4. The number of fused-ring (bicyclic) bond motifs is 3. The summed E-state index contributed by atoms with van der Waals surface area (Å²) in [7, 11) is 0. The normalized spacial score (nSPS) is 13.3. The molecule has 2 aliphatic rings. The van der Waals surface area contributed by atoms with E-state index in [0.29, 0.717) is 11.1 Å². The Morgan fingerprint density at radius 3 is 1.53 bits per heavy atom. The van der Waals surface area contributed by atoms with Gasteiger partial charge in [0.1, 0.15) is 0 Å². The van der Waals surface area contributed by atoms with Gasteiger partial charge in [-0.25, -0.2) is 0 Å². The first-order valence-electron chi connectivity index (χ1n) is 20.3. The van der Waals surface area contributed by atoms with Crippen LogP contribution in [0.2, 0.25) is 0 Å². The van der Waals surface area contributed by atoms with Crippen molar-refractivity contribution in [1.29, 1.82) is 0 Å². The summed E-state index contributed by atoms with van der Waals surface area (Å²) in [6.45, 7) is 14.0. The fourth-order valence-electron chi connectivity index (χ4n) is 8.86. The Kier molecular flexibility index (Phi) is 15.1. The summed E-state index contributed by atoms with van der Waals surface area (Å²) in [6, 6.07) is 45.5. The zero-order valence-electron chi connectivity index (χ0n) is 35.3. The van der Waals surface area contributed by atoms with Crippen LogP contribution in [0.25, 0.3) is 33.4 Å². The monoisotopic (exact) mass is 1050 g/mol. The molecule has 318 valence electrons. The van der Waals surface area contributed by atoms with Crippen molar-refractivity contribution in [2.45, 2.75) is 72.8 Å². The van der Waals surface area contributed by atoms with E-state index in [4.69, 9.17) is 69.6 Å². The number of benzene rings is 6. The van der Waals surface area contributed by atoms with Crippen molar-refractivity contribution in [3.8, 4) is 33.4 Å². The molecule has 0 spiro atoms. The molecule has 0 N–H and O–H groups in total. The van der Waals surface area contributed by atoms with E-state index in [9.17, 15) is 0 Å². The van der Waals surface area contributed by atoms with Crippen molar-refractivity contribution in [2.75, 3.05) is 0 Å². The van der Waals surface area contributed by atoms with Gasteiger partial charge < -0.3 is 24.8 Å². The third kappa shape index (κ3) is 9.99. The van der Waals surface area contributed by atoms with Crippen LogP contribution in [0.15, 0.2) is 149 Å². The zero-order valence-corrected chi connectivity index (χ0v) is 43.8. The fraction of sp³-hybridized carbons (Fsp3) is 0.226. The largest absolute Gasteiger partial charge is 1.00 e. The number of halogens is 8. The van der Waals surface area contributed by atoms with Crippen molar-refractivity contribution in [2.24, 2.45) is 0 Å². The molecule has 0 heterocycles. The van der Waals surface area contributed by atoms with Crippen LogP contribution >= 0.6 is 69.6 Å². The minimum atomic E-state index is -3.44. The van der Waals surface area contributed by atoms with E-state index in [1.165, 1.54) is 65.4 Å². The Morgan fingerprint density at radius 2 is 1.05 bits per heavy atom. The molecule has 2 aliphatic carbocycles. The van der Waals surface area contributed by atoms with Crippen LogP contribution < -0.4 is 28.1 Å². The summed E-state index contributed by atoms with van der Waals surface area (Å²) in [5.41, 5.74) is 16.1. The maximum Gasteiger partial charge on any atom is -1.00 e. The topological polar surface area (TPSA) is 0 Å². The van der Waals surface area contributed by atoms with Gasteiger partial charge in [0.05, 0.1) is 0 Å². The molecule has 0 amide bonds. The first kappa shape index (κ1) is 49.3. The summed E-state index contributed by atoms with van der Waals surface area (Å²) in [5.74, 6) is 0. The van der Waals surface area contributed by atoms with E-state index >= 15 is 0 Å². The predicted molar refractivity (Wildman–Crippen MR) is 259 cm³/mol. The molecule has 0 atom stereocenters. The van der Waals surface area contributed by atoms with Crippen molar-refractivity contribution >= 4 is 76.1 Å². The van der Waals surface area contributed by atoms with Crippen molar-refractivity contribution in [3.05, 3.63) is 193 Å². The molecule has 6 aromatic rings. The Morgan fingerprint density at radius 1 is 0.532 bits per heavy atom. The SMILES string of the molecule is CC(C)(C)c1cc2c(cc1-c1ccccc1)Cc1c-2cc(C(C)(C)C)c(-c2ccccc2)[c]1[Zr+2]([C]1=CC=CC1)=[C](c1cccc(C(Cl)(Cl)Cl)c1)c1cccc(C(Cl)(Cl)Cl)c1.[Cl-].[Cl-]. The molecule has 0 unspecified atom stereocenters. The zero-order chi connectivity index (χ0) is 42.8. The van der Waals surface area contributed by atoms with Gasteiger partial charge in [0.15, 0.2) is 0 Å². The first-order chi connectivity index (χ1) is 28.3. The second-order valence-corrected chi connectivity index (χ2v) is 28.3. The third-order valence-corrected chi connectivity index (χ3v) is 20.7. The van der Waals surface area contributed by atoms with E-state index in [2.05, 4.69) is 163 Å². The molecule has 0 bridgehead atoms. The molecule has 9 heteroatoms. The number of hydrogen-bond donors (Lipinski definition) is 0. The molecular formula is C53H46Cl8Zr. The molecule has 6 aromatic carbocycles. The predicted octanol–water partition coefficient (Wildman–Crippen LogP) is 10.2. The number of hydrogen-bond acceptors (Lipinski definition) is 0. The quantitative estimate of drug-likeness (QED) is 0.146.